The average Bonchev–Trinajstić information content (AvgIpc) is 3.31. The quantitative estimate of drug-likeness (QED) is 0.0199. The summed E-state index contributed by atoms with van der Waals surface area (Å²) in [6.07, 6.45) is 61.8. The van der Waals surface area contributed by atoms with E-state index in [0.717, 1.165) is 64.2 Å². The molecule has 0 aromatic carbocycles. The Morgan fingerprint density at radius 1 is 0.493 bits per heavy atom. The summed E-state index contributed by atoms with van der Waals surface area (Å²) in [5.74, 6) is -2.44. The van der Waals surface area contributed by atoms with Crippen LogP contribution in [0.5, 0.6) is 0 Å². The first-order chi connectivity index (χ1) is 32.6. The highest BCUT2D eigenvalue weighted by Crippen LogP contribution is 2.43. The third-order valence-corrected chi connectivity index (χ3v) is 11.9. The van der Waals surface area contributed by atoms with E-state index in [1.165, 1.54) is 103 Å². The topological polar surface area (TPSA) is 169 Å². The lowest BCUT2D eigenvalue weighted by Crippen LogP contribution is -2.43. The predicted molar refractivity (Wildman–Crippen MR) is 277 cm³/mol. The van der Waals surface area contributed by atoms with Gasteiger partial charge in [-0.2, -0.15) is 0 Å². The minimum absolute atomic E-state index is 0.140. The Morgan fingerprint density at radius 3 is 1.27 bits per heavy atom. The van der Waals surface area contributed by atoms with Gasteiger partial charge in [0.1, 0.15) is 12.7 Å². The van der Waals surface area contributed by atoms with Crippen LogP contribution < -0.4 is 5.32 Å². The van der Waals surface area contributed by atoms with Crippen molar-refractivity contribution in [2.75, 3.05) is 19.8 Å². The molecule has 0 fully saturated rings. The number of carboxylic acids is 1. The van der Waals surface area contributed by atoms with E-state index in [2.05, 4.69) is 92.1 Å². The zero-order valence-electron chi connectivity index (χ0n) is 41.9. The van der Waals surface area contributed by atoms with Gasteiger partial charge in [-0.25, -0.2) is 9.36 Å². The SMILES string of the molecule is CC/C=C\C/C=C\C/C=C\C/C=C\C/C=C\C/C=C\C/C=C\CCCC(=O)OCC(O)COP(=O)(O)OCC(NC(=O)CCCCCCCCCCCCCCCCCCCCCC)C(=O)O. The number of ether oxygens (including phenoxy) is 1. The highest BCUT2D eigenvalue weighted by atomic mass is 31.2. The number of esters is 1. The van der Waals surface area contributed by atoms with Crippen LogP contribution in [0.3, 0.4) is 0 Å². The molecule has 11 nitrogen and oxygen atoms in total. The van der Waals surface area contributed by atoms with Gasteiger partial charge in [0, 0.05) is 12.8 Å². The van der Waals surface area contributed by atoms with Gasteiger partial charge in [0.15, 0.2) is 6.04 Å². The first-order valence-corrected chi connectivity index (χ1v) is 27.6. The van der Waals surface area contributed by atoms with E-state index in [4.69, 9.17) is 13.8 Å². The molecule has 0 aliphatic carbocycles. The maximum atomic E-state index is 12.4. The molecule has 0 aromatic rings. The van der Waals surface area contributed by atoms with E-state index in [-0.39, 0.29) is 12.8 Å². The minimum Gasteiger partial charge on any atom is -0.480 e. The van der Waals surface area contributed by atoms with Gasteiger partial charge in [0.25, 0.3) is 0 Å². The molecule has 0 radical (unpaired) electrons. The molecule has 0 heterocycles. The summed E-state index contributed by atoms with van der Waals surface area (Å²) >= 11 is 0. The van der Waals surface area contributed by atoms with Crippen LogP contribution >= 0.6 is 7.82 Å². The molecule has 3 unspecified atom stereocenters. The van der Waals surface area contributed by atoms with E-state index in [1.807, 2.05) is 12.2 Å². The number of carboxylic acid groups (broad SMARTS) is 1. The maximum Gasteiger partial charge on any atom is 0.472 e. The van der Waals surface area contributed by atoms with Gasteiger partial charge in [-0.3, -0.25) is 18.6 Å². The van der Waals surface area contributed by atoms with Crippen molar-refractivity contribution in [1.82, 2.24) is 5.32 Å². The Bertz CT molecular complexity index is 1450. The van der Waals surface area contributed by atoms with Gasteiger partial charge in [-0.15, -0.1) is 0 Å². The Balaban J connectivity index is 3.91. The highest BCUT2D eigenvalue weighted by molar-refractivity contribution is 7.47. The molecule has 3 atom stereocenters. The molecular formula is C55H94NO10P. The van der Waals surface area contributed by atoms with Crippen LogP contribution in [0.4, 0.5) is 0 Å². The third kappa shape index (κ3) is 48.9. The fraction of sp³-hybridized carbons (Fsp3) is 0.691. The van der Waals surface area contributed by atoms with E-state index in [1.54, 1.807) is 0 Å². The zero-order chi connectivity index (χ0) is 49.2. The van der Waals surface area contributed by atoms with Crippen molar-refractivity contribution in [1.29, 1.82) is 0 Å². The summed E-state index contributed by atoms with van der Waals surface area (Å²) in [6, 6.07) is -1.56. The van der Waals surface area contributed by atoms with Crippen LogP contribution in [0, 0.1) is 0 Å². The smallest absolute Gasteiger partial charge is 0.472 e. The first-order valence-electron chi connectivity index (χ1n) is 26.1. The molecule has 0 aromatic heterocycles. The van der Waals surface area contributed by atoms with Crippen LogP contribution in [-0.2, 0) is 32.7 Å². The Kier molecular flexibility index (Phi) is 46.6. The van der Waals surface area contributed by atoms with Gasteiger partial charge in [-0.1, -0.05) is 221 Å². The first kappa shape index (κ1) is 63.7. The molecule has 12 heteroatoms. The second-order valence-corrected chi connectivity index (χ2v) is 18.8. The van der Waals surface area contributed by atoms with E-state index >= 15 is 0 Å². The van der Waals surface area contributed by atoms with Crippen molar-refractivity contribution >= 4 is 25.7 Å². The number of rotatable bonds is 48. The summed E-state index contributed by atoms with van der Waals surface area (Å²) in [5, 5.41) is 21.9. The van der Waals surface area contributed by atoms with Crippen LogP contribution in [0.25, 0.3) is 0 Å². The number of aliphatic hydroxyl groups excluding tert-OH is 1. The van der Waals surface area contributed by atoms with Crippen LogP contribution in [0.15, 0.2) is 85.1 Å². The summed E-state index contributed by atoms with van der Waals surface area (Å²) in [5.41, 5.74) is 0. The van der Waals surface area contributed by atoms with Gasteiger partial charge in [-0.05, 0) is 64.2 Å². The summed E-state index contributed by atoms with van der Waals surface area (Å²) < 4.78 is 26.9. The van der Waals surface area contributed by atoms with Crippen molar-refractivity contribution in [3.63, 3.8) is 0 Å². The van der Waals surface area contributed by atoms with Gasteiger partial charge < -0.3 is 25.2 Å². The predicted octanol–water partition coefficient (Wildman–Crippen LogP) is 14.6. The number of phosphoric acid groups is 1. The minimum atomic E-state index is -4.78. The maximum absolute atomic E-state index is 12.4. The second-order valence-electron chi connectivity index (χ2n) is 17.3. The van der Waals surface area contributed by atoms with E-state index < -0.39 is 57.6 Å². The van der Waals surface area contributed by atoms with Crippen molar-refractivity contribution in [3.8, 4) is 0 Å². The van der Waals surface area contributed by atoms with Crippen LogP contribution in [0.1, 0.15) is 213 Å². The van der Waals surface area contributed by atoms with Crippen molar-refractivity contribution in [2.45, 2.75) is 225 Å². The average molecular weight is 960 g/mol. The molecule has 0 spiro atoms. The lowest BCUT2D eigenvalue weighted by atomic mass is 10.0. The molecule has 0 aliphatic rings. The standard InChI is InChI=1S/C55H94NO10P/c1-3-5-7-9-11-13-15-17-19-21-23-25-26-27-29-31-33-35-37-39-41-43-45-47-54(59)64-48-51(57)49-65-67(62,63)66-50-52(55(60)61)56-53(58)46-44-42-40-38-36-34-32-30-28-24-22-20-18-16-14-12-10-8-6-4-2/h5,7,11,13,17,19,23,25,27,29,33,35,39,41,51-52,57H,3-4,6,8-10,12,14-16,18,20-22,24,26,28,30-32,34,36-38,40,42-50H2,1-2H3,(H,56,58)(H,60,61)(H,62,63)/b7-5-,13-11-,19-17-,25-23-,29-27-,35-33-,41-39-. The molecule has 0 saturated heterocycles. The van der Waals surface area contributed by atoms with E-state index in [0.29, 0.717) is 19.3 Å². The molecule has 0 saturated carbocycles. The lowest BCUT2D eigenvalue weighted by Gasteiger charge is -2.18. The van der Waals surface area contributed by atoms with Crippen molar-refractivity contribution in [3.05, 3.63) is 85.1 Å². The molecule has 0 aliphatic heterocycles. The van der Waals surface area contributed by atoms with Crippen LogP contribution in [0.2, 0.25) is 0 Å². The second kappa shape index (κ2) is 49.1. The number of hydrogen-bond donors (Lipinski definition) is 4. The molecule has 384 valence electrons. The molecule has 0 rings (SSSR count). The van der Waals surface area contributed by atoms with Crippen molar-refractivity contribution < 1.29 is 47.8 Å². The van der Waals surface area contributed by atoms with E-state index in [9.17, 15) is 34.1 Å². The van der Waals surface area contributed by atoms with Gasteiger partial charge >= 0.3 is 19.8 Å². The van der Waals surface area contributed by atoms with Gasteiger partial charge in [0.2, 0.25) is 5.91 Å². The Hall–Kier alpha value is -3.34. The molecule has 0 bridgehead atoms. The summed E-state index contributed by atoms with van der Waals surface area (Å²) in [7, 11) is -4.78. The zero-order valence-corrected chi connectivity index (χ0v) is 42.8. The number of carbonyl (C=O) groups excluding carboxylic acids is 2. The van der Waals surface area contributed by atoms with Crippen LogP contribution in [-0.4, -0.2) is 64.9 Å². The number of hydrogen-bond acceptors (Lipinski definition) is 8. The number of phosphoric ester groups is 1. The number of nitrogens with one attached hydrogen (secondary N) is 1. The normalized spacial score (nSPS) is 14.2. The summed E-state index contributed by atoms with van der Waals surface area (Å²) in [4.78, 5) is 46.1. The lowest BCUT2D eigenvalue weighted by molar-refractivity contribution is -0.147. The number of amides is 1. The number of unbranched alkanes of at least 4 members (excludes halogenated alkanes) is 20. The third-order valence-electron chi connectivity index (χ3n) is 10.9. The van der Waals surface area contributed by atoms with Crippen molar-refractivity contribution in [2.24, 2.45) is 0 Å². The molecule has 1 amide bonds. The molecule has 67 heavy (non-hydrogen) atoms. The summed E-state index contributed by atoms with van der Waals surface area (Å²) in [6.45, 7) is 2.45. The number of allylic oxidation sites excluding steroid dienone is 14. The number of aliphatic hydroxyl groups is 1. The largest absolute Gasteiger partial charge is 0.480 e. The fourth-order valence-corrected chi connectivity index (χ4v) is 7.72. The number of aliphatic carboxylic acids is 1. The Morgan fingerprint density at radius 2 is 0.866 bits per heavy atom. The van der Waals surface area contributed by atoms with Gasteiger partial charge in [0.05, 0.1) is 13.2 Å². The molecule has 4 N–H and O–H groups in total. The fourth-order valence-electron chi connectivity index (χ4n) is 6.95. The monoisotopic (exact) mass is 960 g/mol. The molecular weight excluding hydrogens is 866 g/mol. The Labute approximate surface area is 407 Å². The highest BCUT2D eigenvalue weighted by Gasteiger charge is 2.28. The number of carbonyl (C=O) groups is 3.